The Morgan fingerprint density at radius 1 is 1.42 bits per heavy atom. The summed E-state index contributed by atoms with van der Waals surface area (Å²) in [6, 6.07) is 0. The van der Waals surface area contributed by atoms with Crippen molar-refractivity contribution in [2.24, 2.45) is 5.92 Å². The third kappa shape index (κ3) is 3.29. The summed E-state index contributed by atoms with van der Waals surface area (Å²) in [6.07, 6.45) is 6.64. The molecule has 0 spiro atoms. The van der Waals surface area contributed by atoms with Gasteiger partial charge in [0.25, 0.3) is 0 Å². The SMILES string of the molecule is CCC1(C(=O)NCC2(O)CCCC(C)C2)CCCN1. The minimum absolute atomic E-state index is 0.0687. The monoisotopic (exact) mass is 268 g/mol. The number of aliphatic hydroxyl groups is 1. The van der Waals surface area contributed by atoms with Crippen LogP contribution in [0, 0.1) is 5.92 Å². The van der Waals surface area contributed by atoms with Crippen LogP contribution in [0.1, 0.15) is 58.8 Å². The molecule has 3 unspecified atom stereocenters. The Morgan fingerprint density at radius 2 is 2.21 bits per heavy atom. The second-order valence-electron chi connectivity index (χ2n) is 6.57. The van der Waals surface area contributed by atoms with E-state index in [1.807, 2.05) is 0 Å². The van der Waals surface area contributed by atoms with Gasteiger partial charge in [0.1, 0.15) is 0 Å². The zero-order valence-corrected chi connectivity index (χ0v) is 12.3. The van der Waals surface area contributed by atoms with Gasteiger partial charge < -0.3 is 15.7 Å². The Bertz CT molecular complexity index is 326. The topological polar surface area (TPSA) is 61.4 Å². The van der Waals surface area contributed by atoms with Crippen LogP contribution >= 0.6 is 0 Å². The van der Waals surface area contributed by atoms with Gasteiger partial charge in [-0.25, -0.2) is 0 Å². The molecule has 19 heavy (non-hydrogen) atoms. The van der Waals surface area contributed by atoms with Crippen LogP contribution in [0.15, 0.2) is 0 Å². The molecule has 110 valence electrons. The van der Waals surface area contributed by atoms with Gasteiger partial charge in [-0.05, 0) is 44.6 Å². The summed E-state index contributed by atoms with van der Waals surface area (Å²) < 4.78 is 0. The molecule has 1 aliphatic heterocycles. The highest BCUT2D eigenvalue weighted by Gasteiger charge is 2.40. The van der Waals surface area contributed by atoms with Crippen molar-refractivity contribution in [3.8, 4) is 0 Å². The molecule has 1 saturated heterocycles. The fourth-order valence-corrected chi connectivity index (χ4v) is 3.67. The van der Waals surface area contributed by atoms with Gasteiger partial charge in [-0.2, -0.15) is 0 Å². The molecule has 1 heterocycles. The van der Waals surface area contributed by atoms with Crippen molar-refractivity contribution in [2.75, 3.05) is 13.1 Å². The maximum Gasteiger partial charge on any atom is 0.240 e. The van der Waals surface area contributed by atoms with Crippen LogP contribution < -0.4 is 10.6 Å². The summed E-state index contributed by atoms with van der Waals surface area (Å²) >= 11 is 0. The first-order valence-electron chi connectivity index (χ1n) is 7.75. The molecule has 3 N–H and O–H groups in total. The van der Waals surface area contributed by atoms with Gasteiger partial charge in [0.05, 0.1) is 11.1 Å². The van der Waals surface area contributed by atoms with E-state index in [9.17, 15) is 9.90 Å². The molecular weight excluding hydrogens is 240 g/mol. The predicted octanol–water partition coefficient (Wildman–Crippen LogP) is 1.58. The van der Waals surface area contributed by atoms with Crippen LogP contribution in [0.4, 0.5) is 0 Å². The Balaban J connectivity index is 1.89. The summed E-state index contributed by atoms with van der Waals surface area (Å²) in [4.78, 5) is 12.4. The number of hydrogen-bond donors (Lipinski definition) is 3. The van der Waals surface area contributed by atoms with Crippen LogP contribution in [-0.4, -0.2) is 35.2 Å². The highest BCUT2D eigenvalue weighted by Crippen LogP contribution is 2.32. The quantitative estimate of drug-likeness (QED) is 0.725. The molecule has 1 amide bonds. The average Bonchev–Trinajstić information content (AvgIpc) is 2.86. The van der Waals surface area contributed by atoms with Crippen molar-refractivity contribution in [1.82, 2.24) is 10.6 Å². The number of amides is 1. The van der Waals surface area contributed by atoms with Crippen LogP contribution in [-0.2, 0) is 4.79 Å². The Kier molecular flexibility index (Phi) is 4.51. The second kappa shape index (κ2) is 5.80. The summed E-state index contributed by atoms with van der Waals surface area (Å²) in [5.41, 5.74) is -1.09. The van der Waals surface area contributed by atoms with Crippen molar-refractivity contribution < 1.29 is 9.90 Å². The van der Waals surface area contributed by atoms with Gasteiger partial charge in [0.2, 0.25) is 5.91 Å². The number of carbonyl (C=O) groups is 1. The van der Waals surface area contributed by atoms with Crippen molar-refractivity contribution in [2.45, 2.75) is 69.9 Å². The first-order valence-corrected chi connectivity index (χ1v) is 7.75. The van der Waals surface area contributed by atoms with Crippen LogP contribution in [0.2, 0.25) is 0 Å². The predicted molar refractivity (Wildman–Crippen MR) is 75.9 cm³/mol. The maximum atomic E-state index is 12.4. The summed E-state index contributed by atoms with van der Waals surface area (Å²) in [7, 11) is 0. The average molecular weight is 268 g/mol. The van der Waals surface area contributed by atoms with E-state index in [0.29, 0.717) is 12.5 Å². The van der Waals surface area contributed by atoms with E-state index in [1.54, 1.807) is 0 Å². The molecule has 2 fully saturated rings. The van der Waals surface area contributed by atoms with Crippen molar-refractivity contribution in [3.63, 3.8) is 0 Å². The first kappa shape index (κ1) is 14.8. The molecule has 0 bridgehead atoms. The molecule has 1 saturated carbocycles. The zero-order valence-electron chi connectivity index (χ0n) is 12.3. The van der Waals surface area contributed by atoms with Crippen molar-refractivity contribution >= 4 is 5.91 Å². The molecular formula is C15H28N2O2. The Hall–Kier alpha value is -0.610. The van der Waals surface area contributed by atoms with Gasteiger partial charge >= 0.3 is 0 Å². The molecule has 0 aromatic carbocycles. The molecule has 4 nitrogen and oxygen atoms in total. The minimum atomic E-state index is -0.694. The van der Waals surface area contributed by atoms with E-state index in [4.69, 9.17) is 0 Å². The van der Waals surface area contributed by atoms with Crippen LogP contribution in [0.5, 0.6) is 0 Å². The summed E-state index contributed by atoms with van der Waals surface area (Å²) in [6.45, 7) is 5.55. The van der Waals surface area contributed by atoms with E-state index < -0.39 is 11.1 Å². The Morgan fingerprint density at radius 3 is 2.79 bits per heavy atom. The number of hydrogen-bond acceptors (Lipinski definition) is 3. The van der Waals surface area contributed by atoms with Gasteiger partial charge in [0, 0.05) is 6.54 Å². The lowest BCUT2D eigenvalue weighted by Gasteiger charge is -2.37. The van der Waals surface area contributed by atoms with Gasteiger partial charge in [-0.1, -0.05) is 26.7 Å². The van der Waals surface area contributed by atoms with E-state index in [-0.39, 0.29) is 5.91 Å². The number of carbonyl (C=O) groups excluding carboxylic acids is 1. The number of nitrogens with one attached hydrogen (secondary N) is 2. The van der Waals surface area contributed by atoms with Gasteiger partial charge in [0.15, 0.2) is 0 Å². The maximum absolute atomic E-state index is 12.4. The van der Waals surface area contributed by atoms with Crippen molar-refractivity contribution in [1.29, 1.82) is 0 Å². The zero-order chi connectivity index (χ0) is 13.9. The first-order chi connectivity index (χ1) is 9.00. The van der Waals surface area contributed by atoms with Crippen LogP contribution in [0.25, 0.3) is 0 Å². The normalized spacial score (nSPS) is 39.2. The number of rotatable bonds is 4. The lowest BCUT2D eigenvalue weighted by Crippen LogP contribution is -2.56. The minimum Gasteiger partial charge on any atom is -0.388 e. The Labute approximate surface area is 116 Å². The second-order valence-corrected chi connectivity index (χ2v) is 6.57. The third-order valence-electron chi connectivity index (χ3n) is 4.93. The van der Waals surface area contributed by atoms with Crippen molar-refractivity contribution in [3.05, 3.63) is 0 Å². The van der Waals surface area contributed by atoms with E-state index in [0.717, 1.165) is 45.1 Å². The lowest BCUT2D eigenvalue weighted by atomic mass is 9.79. The molecule has 1 aliphatic carbocycles. The molecule has 0 aromatic rings. The van der Waals surface area contributed by atoms with E-state index in [2.05, 4.69) is 24.5 Å². The standard InChI is InChI=1S/C15H28N2O2/c1-3-15(8-5-9-17-15)13(18)16-11-14(19)7-4-6-12(2)10-14/h12,17,19H,3-11H2,1-2H3,(H,16,18). The molecule has 0 radical (unpaired) electrons. The molecule has 4 heteroatoms. The molecule has 2 rings (SSSR count). The lowest BCUT2D eigenvalue weighted by molar-refractivity contribution is -0.129. The highest BCUT2D eigenvalue weighted by molar-refractivity contribution is 5.86. The summed E-state index contributed by atoms with van der Waals surface area (Å²) in [5, 5.41) is 16.9. The molecule has 2 aliphatic rings. The fraction of sp³-hybridized carbons (Fsp3) is 0.933. The van der Waals surface area contributed by atoms with E-state index in [1.165, 1.54) is 6.42 Å². The van der Waals surface area contributed by atoms with Crippen LogP contribution in [0.3, 0.4) is 0 Å². The molecule has 0 aromatic heterocycles. The van der Waals surface area contributed by atoms with Gasteiger partial charge in [-0.3, -0.25) is 4.79 Å². The summed E-state index contributed by atoms with van der Waals surface area (Å²) in [5.74, 6) is 0.625. The highest BCUT2D eigenvalue weighted by atomic mass is 16.3. The largest absolute Gasteiger partial charge is 0.388 e. The fourth-order valence-electron chi connectivity index (χ4n) is 3.67. The van der Waals surface area contributed by atoms with E-state index >= 15 is 0 Å². The molecule has 3 atom stereocenters. The van der Waals surface area contributed by atoms with Gasteiger partial charge in [-0.15, -0.1) is 0 Å². The smallest absolute Gasteiger partial charge is 0.240 e. The third-order valence-corrected chi connectivity index (χ3v) is 4.93.